The van der Waals surface area contributed by atoms with E-state index in [4.69, 9.17) is 4.74 Å². The van der Waals surface area contributed by atoms with Crippen LogP contribution < -0.4 is 4.74 Å². The van der Waals surface area contributed by atoms with Gasteiger partial charge in [-0.3, -0.25) is 4.79 Å². The van der Waals surface area contributed by atoms with Crippen molar-refractivity contribution >= 4 is 6.29 Å². The molecule has 0 atom stereocenters. The molecule has 2 rings (SSSR count). The largest absolute Gasteiger partial charge is 0.460 e. The van der Waals surface area contributed by atoms with Gasteiger partial charge in [0.1, 0.15) is 6.10 Å². The van der Waals surface area contributed by atoms with Gasteiger partial charge in [0.25, 0.3) is 0 Å². The van der Waals surface area contributed by atoms with E-state index < -0.39 is 0 Å². The summed E-state index contributed by atoms with van der Waals surface area (Å²) >= 11 is 0. The minimum atomic E-state index is 0.261. The summed E-state index contributed by atoms with van der Waals surface area (Å²) in [6.07, 6.45) is 8.54. The van der Waals surface area contributed by atoms with Crippen molar-refractivity contribution in [2.45, 2.75) is 31.8 Å². The first-order chi connectivity index (χ1) is 6.88. The maximum absolute atomic E-state index is 10.3. The molecule has 0 unspecified atom stereocenters. The van der Waals surface area contributed by atoms with E-state index in [9.17, 15) is 4.79 Å². The molecule has 0 bridgehead atoms. The van der Waals surface area contributed by atoms with Crippen molar-refractivity contribution in [3.8, 4) is 6.01 Å². The monoisotopic (exact) mass is 192 g/mol. The van der Waals surface area contributed by atoms with Crippen LogP contribution in [0.25, 0.3) is 0 Å². The fourth-order valence-corrected chi connectivity index (χ4v) is 1.60. The summed E-state index contributed by atoms with van der Waals surface area (Å²) < 4.78 is 5.54. The molecule has 0 saturated heterocycles. The fraction of sp³-hybridized carbons (Fsp3) is 0.500. The zero-order valence-corrected chi connectivity index (χ0v) is 7.85. The van der Waals surface area contributed by atoms with Crippen LogP contribution in [0.15, 0.2) is 12.4 Å². The number of rotatable bonds is 3. The number of aldehydes is 1. The Balaban J connectivity index is 1.98. The van der Waals surface area contributed by atoms with Gasteiger partial charge in [0, 0.05) is 12.4 Å². The summed E-state index contributed by atoms with van der Waals surface area (Å²) in [7, 11) is 0. The van der Waals surface area contributed by atoms with Crippen LogP contribution in [0.1, 0.15) is 36.0 Å². The van der Waals surface area contributed by atoms with Crippen LogP contribution in [0.2, 0.25) is 0 Å². The molecular weight excluding hydrogens is 180 g/mol. The molecule has 0 N–H and O–H groups in total. The quantitative estimate of drug-likeness (QED) is 0.683. The maximum atomic E-state index is 10.3. The van der Waals surface area contributed by atoms with Crippen molar-refractivity contribution in [3.05, 3.63) is 18.0 Å². The number of carbonyl (C=O) groups excluding carboxylic acids is 1. The van der Waals surface area contributed by atoms with Crippen molar-refractivity contribution in [2.24, 2.45) is 0 Å². The predicted molar refractivity (Wildman–Crippen MR) is 50.3 cm³/mol. The van der Waals surface area contributed by atoms with Gasteiger partial charge < -0.3 is 4.74 Å². The smallest absolute Gasteiger partial charge is 0.316 e. The number of ether oxygens (including phenoxy) is 1. The van der Waals surface area contributed by atoms with Crippen LogP contribution in [-0.2, 0) is 0 Å². The van der Waals surface area contributed by atoms with Crippen LogP contribution in [-0.4, -0.2) is 22.4 Å². The van der Waals surface area contributed by atoms with Crippen LogP contribution in [0.5, 0.6) is 6.01 Å². The zero-order valence-electron chi connectivity index (χ0n) is 7.85. The Morgan fingerprint density at radius 1 is 1.29 bits per heavy atom. The number of hydrogen-bond donors (Lipinski definition) is 0. The van der Waals surface area contributed by atoms with Crippen LogP contribution in [0.3, 0.4) is 0 Å². The normalized spacial score (nSPS) is 16.9. The van der Waals surface area contributed by atoms with E-state index in [1.807, 2.05) is 0 Å². The third-order valence-corrected chi connectivity index (χ3v) is 2.36. The van der Waals surface area contributed by atoms with Crippen LogP contribution >= 0.6 is 0 Å². The van der Waals surface area contributed by atoms with E-state index in [0.29, 0.717) is 11.6 Å². The first-order valence-electron chi connectivity index (χ1n) is 4.82. The molecule has 1 aliphatic carbocycles. The second kappa shape index (κ2) is 4.17. The first kappa shape index (κ1) is 9.12. The highest BCUT2D eigenvalue weighted by molar-refractivity contribution is 5.73. The van der Waals surface area contributed by atoms with Gasteiger partial charge in [-0.05, 0) is 25.7 Å². The van der Waals surface area contributed by atoms with Crippen molar-refractivity contribution in [1.29, 1.82) is 0 Å². The lowest BCUT2D eigenvalue weighted by atomic mass is 10.3. The lowest BCUT2D eigenvalue weighted by Gasteiger charge is -2.09. The summed E-state index contributed by atoms with van der Waals surface area (Å²) in [6.45, 7) is 0. The van der Waals surface area contributed by atoms with Gasteiger partial charge >= 0.3 is 6.01 Å². The minimum Gasteiger partial charge on any atom is -0.460 e. The molecule has 4 heteroatoms. The van der Waals surface area contributed by atoms with E-state index in [1.165, 1.54) is 25.2 Å². The molecule has 1 saturated carbocycles. The molecule has 1 aromatic rings. The third-order valence-electron chi connectivity index (χ3n) is 2.36. The van der Waals surface area contributed by atoms with Crippen LogP contribution in [0.4, 0.5) is 0 Å². The SMILES string of the molecule is O=Cc1cnc(OC2CCCC2)nc1. The summed E-state index contributed by atoms with van der Waals surface area (Å²) in [5, 5.41) is 0. The molecule has 14 heavy (non-hydrogen) atoms. The average Bonchev–Trinajstić information content (AvgIpc) is 2.72. The third kappa shape index (κ3) is 2.07. The van der Waals surface area contributed by atoms with Crippen molar-refractivity contribution in [1.82, 2.24) is 9.97 Å². The van der Waals surface area contributed by atoms with E-state index in [2.05, 4.69) is 9.97 Å². The summed E-state index contributed by atoms with van der Waals surface area (Å²) in [6, 6.07) is 0.377. The highest BCUT2D eigenvalue weighted by Crippen LogP contribution is 2.21. The van der Waals surface area contributed by atoms with Gasteiger partial charge in [-0.1, -0.05) is 0 Å². The van der Waals surface area contributed by atoms with Gasteiger partial charge in [-0.25, -0.2) is 9.97 Å². The lowest BCUT2D eigenvalue weighted by Crippen LogP contribution is -2.12. The molecule has 0 amide bonds. The maximum Gasteiger partial charge on any atom is 0.316 e. The van der Waals surface area contributed by atoms with E-state index in [1.54, 1.807) is 0 Å². The van der Waals surface area contributed by atoms with Gasteiger partial charge in [-0.2, -0.15) is 0 Å². The van der Waals surface area contributed by atoms with E-state index in [-0.39, 0.29) is 6.10 Å². The molecular formula is C10H12N2O2. The average molecular weight is 192 g/mol. The first-order valence-corrected chi connectivity index (χ1v) is 4.82. The predicted octanol–water partition coefficient (Wildman–Crippen LogP) is 1.61. The molecule has 4 nitrogen and oxygen atoms in total. The second-order valence-electron chi connectivity index (χ2n) is 3.44. The summed E-state index contributed by atoms with van der Waals surface area (Å²) in [4.78, 5) is 18.2. The molecule has 1 fully saturated rings. The fourth-order valence-electron chi connectivity index (χ4n) is 1.60. The van der Waals surface area contributed by atoms with Gasteiger partial charge in [-0.15, -0.1) is 0 Å². The molecule has 1 aliphatic rings. The Kier molecular flexibility index (Phi) is 2.72. The Hall–Kier alpha value is -1.45. The Morgan fingerprint density at radius 3 is 2.50 bits per heavy atom. The summed E-state index contributed by atoms with van der Waals surface area (Å²) in [5.41, 5.74) is 0.476. The Bertz CT molecular complexity index is 304. The second-order valence-corrected chi connectivity index (χ2v) is 3.44. The molecule has 0 aliphatic heterocycles. The Labute approximate surface area is 82.3 Å². The minimum absolute atomic E-state index is 0.261. The topological polar surface area (TPSA) is 52.1 Å². The molecule has 1 aromatic heterocycles. The highest BCUT2D eigenvalue weighted by Gasteiger charge is 2.17. The van der Waals surface area contributed by atoms with Crippen molar-refractivity contribution < 1.29 is 9.53 Å². The standard InChI is InChI=1S/C10H12N2O2/c13-7-8-5-11-10(12-6-8)14-9-3-1-2-4-9/h5-7,9H,1-4H2. The molecule has 0 radical (unpaired) electrons. The van der Waals surface area contributed by atoms with Crippen molar-refractivity contribution in [2.75, 3.05) is 0 Å². The molecule has 0 spiro atoms. The lowest BCUT2D eigenvalue weighted by molar-refractivity contribution is 0.112. The Morgan fingerprint density at radius 2 is 1.93 bits per heavy atom. The number of hydrogen-bond acceptors (Lipinski definition) is 4. The van der Waals surface area contributed by atoms with Crippen LogP contribution in [0, 0.1) is 0 Å². The molecule has 74 valence electrons. The van der Waals surface area contributed by atoms with E-state index >= 15 is 0 Å². The van der Waals surface area contributed by atoms with Gasteiger partial charge in [0.05, 0.1) is 5.56 Å². The number of aromatic nitrogens is 2. The molecule has 1 heterocycles. The number of nitrogens with zero attached hydrogens (tertiary/aromatic N) is 2. The van der Waals surface area contributed by atoms with Gasteiger partial charge in [0.2, 0.25) is 0 Å². The van der Waals surface area contributed by atoms with E-state index in [0.717, 1.165) is 19.1 Å². The molecule has 0 aromatic carbocycles. The summed E-state index contributed by atoms with van der Waals surface area (Å²) in [5.74, 6) is 0. The van der Waals surface area contributed by atoms with Crippen molar-refractivity contribution in [3.63, 3.8) is 0 Å². The van der Waals surface area contributed by atoms with Gasteiger partial charge in [0.15, 0.2) is 6.29 Å². The highest BCUT2D eigenvalue weighted by atomic mass is 16.5. The number of carbonyl (C=O) groups is 1. The zero-order chi connectivity index (χ0) is 9.80.